The van der Waals surface area contributed by atoms with Crippen molar-refractivity contribution >= 4 is 27.4 Å². The lowest BCUT2D eigenvalue weighted by Crippen LogP contribution is -1.96. The maximum absolute atomic E-state index is 10.5. The summed E-state index contributed by atoms with van der Waals surface area (Å²) in [7, 11) is -4.02. The second kappa shape index (κ2) is 7.12. The molecule has 0 saturated heterocycles. The van der Waals surface area contributed by atoms with Crippen molar-refractivity contribution in [2.45, 2.75) is 24.7 Å². The summed E-state index contributed by atoms with van der Waals surface area (Å²) >= 11 is 5.81. The van der Waals surface area contributed by atoms with Crippen molar-refractivity contribution in [3.63, 3.8) is 0 Å². The molecule has 5 nitrogen and oxygen atoms in total. The molecule has 0 bridgehead atoms. The van der Waals surface area contributed by atoms with Gasteiger partial charge in [0.15, 0.2) is 0 Å². The van der Waals surface area contributed by atoms with E-state index in [2.05, 4.69) is 5.16 Å². The third-order valence-electron chi connectivity index (χ3n) is 3.45. The van der Waals surface area contributed by atoms with Gasteiger partial charge in [0.2, 0.25) is 0 Å². The fourth-order valence-electron chi connectivity index (χ4n) is 2.24. The molecule has 2 N–H and O–H groups in total. The highest BCUT2D eigenvalue weighted by Crippen LogP contribution is 2.25. The molecule has 3 rings (SSSR count). The molecular weight excluding hydrogens is 338 g/mol. The summed E-state index contributed by atoms with van der Waals surface area (Å²) in [6.45, 7) is 1.84. The van der Waals surface area contributed by atoms with Crippen LogP contribution in [-0.2, 0) is 16.5 Å². The van der Waals surface area contributed by atoms with E-state index in [1.165, 1.54) is 17.7 Å². The zero-order chi connectivity index (χ0) is 17.0. The van der Waals surface area contributed by atoms with Crippen LogP contribution in [0.4, 0.5) is 0 Å². The Balaban J connectivity index is 0.000000168. The predicted molar refractivity (Wildman–Crippen MR) is 89.1 cm³/mol. The Bertz CT molecular complexity index is 830. The van der Waals surface area contributed by atoms with Crippen LogP contribution in [0.5, 0.6) is 0 Å². The van der Waals surface area contributed by atoms with Gasteiger partial charge in [-0.1, -0.05) is 40.5 Å². The molecule has 2 aromatic rings. The Morgan fingerprint density at radius 1 is 1.09 bits per heavy atom. The number of hydrogen-bond donors (Lipinski definition) is 2. The average molecular weight is 354 g/mol. The molecule has 1 aliphatic rings. The van der Waals surface area contributed by atoms with E-state index in [4.69, 9.17) is 21.4 Å². The maximum atomic E-state index is 10.5. The van der Waals surface area contributed by atoms with Gasteiger partial charge >= 0.3 is 0 Å². The molecule has 23 heavy (non-hydrogen) atoms. The van der Waals surface area contributed by atoms with E-state index in [0.717, 1.165) is 29.7 Å². The van der Waals surface area contributed by atoms with Gasteiger partial charge in [-0.2, -0.15) is 8.42 Å². The van der Waals surface area contributed by atoms with Gasteiger partial charge in [0.05, 0.1) is 10.6 Å². The molecule has 122 valence electrons. The van der Waals surface area contributed by atoms with Crippen LogP contribution in [-0.4, -0.2) is 23.9 Å². The van der Waals surface area contributed by atoms with Crippen molar-refractivity contribution < 1.29 is 18.2 Å². The van der Waals surface area contributed by atoms with Crippen LogP contribution in [0.3, 0.4) is 0 Å². The number of nitrogens with zero attached hydrogens (tertiary/aromatic N) is 1. The fraction of sp³-hybridized carbons (Fsp3) is 0.188. The third kappa shape index (κ3) is 4.54. The topological polar surface area (TPSA) is 87.0 Å². The van der Waals surface area contributed by atoms with Crippen LogP contribution in [0, 0.1) is 6.92 Å². The minimum Gasteiger partial charge on any atom is -0.411 e. The van der Waals surface area contributed by atoms with Crippen LogP contribution in [0.15, 0.2) is 52.5 Å². The lowest BCUT2D eigenvalue weighted by molar-refractivity contribution is 0.318. The highest BCUT2D eigenvalue weighted by molar-refractivity contribution is 7.85. The van der Waals surface area contributed by atoms with Gasteiger partial charge in [0, 0.05) is 10.6 Å². The molecule has 0 atom stereocenters. The quantitative estimate of drug-likeness (QED) is 0.465. The highest BCUT2D eigenvalue weighted by Gasteiger charge is 2.17. The lowest BCUT2D eigenvalue weighted by atomic mass is 10.1. The maximum Gasteiger partial charge on any atom is 0.294 e. The van der Waals surface area contributed by atoms with E-state index in [-0.39, 0.29) is 4.90 Å². The van der Waals surface area contributed by atoms with Crippen molar-refractivity contribution in [1.82, 2.24) is 0 Å². The van der Waals surface area contributed by atoms with Crippen molar-refractivity contribution in [3.8, 4) is 0 Å². The highest BCUT2D eigenvalue weighted by atomic mass is 35.5. The SMILES string of the molecule is Cc1ccc(S(=O)(=O)O)cc1.ON=C1CCc2ccc(Cl)cc21. The molecule has 0 heterocycles. The molecule has 0 amide bonds. The molecule has 2 aromatic carbocycles. The second-order valence-corrected chi connectivity index (χ2v) is 6.99. The van der Waals surface area contributed by atoms with E-state index in [0.29, 0.717) is 5.02 Å². The van der Waals surface area contributed by atoms with E-state index in [1.807, 2.05) is 25.1 Å². The summed E-state index contributed by atoms with van der Waals surface area (Å²) in [5, 5.41) is 12.6. The minimum atomic E-state index is -4.02. The first-order valence-electron chi connectivity index (χ1n) is 6.85. The smallest absolute Gasteiger partial charge is 0.294 e. The van der Waals surface area contributed by atoms with Crippen molar-refractivity contribution in [3.05, 3.63) is 64.2 Å². The number of aryl methyl sites for hydroxylation is 2. The first-order chi connectivity index (χ1) is 10.8. The van der Waals surface area contributed by atoms with Gasteiger partial charge in [-0.15, -0.1) is 0 Å². The summed E-state index contributed by atoms with van der Waals surface area (Å²) in [6.07, 6.45) is 1.76. The van der Waals surface area contributed by atoms with Crippen LogP contribution in [0.25, 0.3) is 0 Å². The summed E-state index contributed by atoms with van der Waals surface area (Å²) in [5.41, 5.74) is 3.90. The molecule has 0 unspecified atom stereocenters. The van der Waals surface area contributed by atoms with E-state index >= 15 is 0 Å². The number of oxime groups is 1. The Labute approximate surface area is 140 Å². The van der Waals surface area contributed by atoms with Gasteiger partial charge in [0.25, 0.3) is 10.1 Å². The zero-order valence-electron chi connectivity index (χ0n) is 12.4. The average Bonchev–Trinajstić information content (AvgIpc) is 2.89. The standard InChI is InChI=1S/C9H8ClNO.C7H8O3S/c10-7-3-1-6-2-4-9(11-12)8(6)5-7;1-6-2-4-7(5-3-6)11(8,9)10/h1,3,5,12H,2,4H2;2-5H,1H3,(H,8,9,10). The molecule has 0 spiro atoms. The molecular formula is C16H16ClNO4S. The second-order valence-electron chi connectivity index (χ2n) is 5.14. The fourth-order valence-corrected chi connectivity index (χ4v) is 2.89. The monoisotopic (exact) mass is 353 g/mol. The molecule has 0 fully saturated rings. The molecule has 0 saturated carbocycles. The Morgan fingerprint density at radius 2 is 1.74 bits per heavy atom. The predicted octanol–water partition coefficient (Wildman–Crippen LogP) is 3.71. The number of halogens is 1. The van der Waals surface area contributed by atoms with Gasteiger partial charge < -0.3 is 5.21 Å². The first kappa shape index (κ1) is 17.5. The summed E-state index contributed by atoms with van der Waals surface area (Å²) in [5.74, 6) is 0. The van der Waals surface area contributed by atoms with E-state index in [9.17, 15) is 8.42 Å². The number of hydrogen-bond acceptors (Lipinski definition) is 4. The van der Waals surface area contributed by atoms with E-state index in [1.54, 1.807) is 12.1 Å². The molecule has 0 aliphatic heterocycles. The third-order valence-corrected chi connectivity index (χ3v) is 4.56. The van der Waals surface area contributed by atoms with Gasteiger partial charge in [-0.3, -0.25) is 4.55 Å². The van der Waals surface area contributed by atoms with Crippen LogP contribution in [0.1, 0.15) is 23.1 Å². The summed E-state index contributed by atoms with van der Waals surface area (Å²) in [4.78, 5) is -0.0666. The molecule has 7 heteroatoms. The lowest BCUT2D eigenvalue weighted by Gasteiger charge is -1.97. The largest absolute Gasteiger partial charge is 0.411 e. The number of benzene rings is 2. The normalized spacial score (nSPS) is 15.0. The molecule has 0 radical (unpaired) electrons. The summed E-state index contributed by atoms with van der Waals surface area (Å²) < 4.78 is 29.6. The van der Waals surface area contributed by atoms with Gasteiger partial charge in [0.1, 0.15) is 0 Å². The van der Waals surface area contributed by atoms with Crippen molar-refractivity contribution in [1.29, 1.82) is 0 Å². The van der Waals surface area contributed by atoms with E-state index < -0.39 is 10.1 Å². The van der Waals surface area contributed by atoms with Crippen LogP contribution >= 0.6 is 11.6 Å². The Kier molecular flexibility index (Phi) is 5.41. The Morgan fingerprint density at radius 3 is 2.30 bits per heavy atom. The van der Waals surface area contributed by atoms with Gasteiger partial charge in [-0.25, -0.2) is 0 Å². The first-order valence-corrected chi connectivity index (χ1v) is 8.67. The minimum absolute atomic E-state index is 0.0666. The Hall–Kier alpha value is -1.89. The van der Waals surface area contributed by atoms with Gasteiger partial charge in [-0.05, 0) is 49.6 Å². The van der Waals surface area contributed by atoms with Crippen LogP contribution < -0.4 is 0 Å². The zero-order valence-corrected chi connectivity index (χ0v) is 14.0. The molecule has 0 aromatic heterocycles. The molecule has 1 aliphatic carbocycles. The van der Waals surface area contributed by atoms with Crippen molar-refractivity contribution in [2.24, 2.45) is 5.16 Å². The number of fused-ring (bicyclic) bond motifs is 1. The van der Waals surface area contributed by atoms with Crippen LogP contribution in [0.2, 0.25) is 5.02 Å². The van der Waals surface area contributed by atoms with Crippen molar-refractivity contribution in [2.75, 3.05) is 0 Å². The number of rotatable bonds is 1. The summed E-state index contributed by atoms with van der Waals surface area (Å²) in [6, 6.07) is 11.7.